The van der Waals surface area contributed by atoms with Crippen LogP contribution in [0.15, 0.2) is 36.0 Å². The van der Waals surface area contributed by atoms with Crippen molar-refractivity contribution in [2.24, 2.45) is 5.41 Å². The summed E-state index contributed by atoms with van der Waals surface area (Å²) in [5.41, 5.74) is 0.922. The van der Waals surface area contributed by atoms with E-state index in [1.165, 1.54) is 6.20 Å². The molecule has 1 aromatic carbocycles. The molecule has 21 heavy (non-hydrogen) atoms. The Labute approximate surface area is 122 Å². The molecule has 1 aliphatic rings. The first-order valence-corrected chi connectivity index (χ1v) is 6.78. The van der Waals surface area contributed by atoms with Crippen molar-refractivity contribution in [1.29, 1.82) is 0 Å². The lowest BCUT2D eigenvalue weighted by molar-refractivity contribution is -0.167. The lowest BCUT2D eigenvalue weighted by atomic mass is 9.77. The smallest absolute Gasteiger partial charge is 0.348 e. The fourth-order valence-corrected chi connectivity index (χ4v) is 2.39. The molecule has 0 bridgehead atoms. The summed E-state index contributed by atoms with van der Waals surface area (Å²) in [4.78, 5) is 13.4. The van der Waals surface area contributed by atoms with Gasteiger partial charge in [-0.3, -0.25) is 4.79 Å². The molecule has 0 unspecified atom stereocenters. The number of carbonyl (C=O) groups excluding carboxylic acids is 1. The molecule has 0 aliphatic carbocycles. The molecule has 0 saturated heterocycles. The van der Waals surface area contributed by atoms with Crippen molar-refractivity contribution in [3.8, 4) is 0 Å². The topological polar surface area (TPSA) is 20.3 Å². The normalized spacial score (nSPS) is 18.4. The van der Waals surface area contributed by atoms with Crippen LogP contribution in [0.4, 0.5) is 18.9 Å². The standard InChI is InChI=1S/C16H18F3NO/c1-11-4-6-12(7-5-11)20-9-8-15(2,3)13(10-20)14(21)16(17,18)19/h4-7,10H,8-9H2,1-3H3. The van der Waals surface area contributed by atoms with Crippen LogP contribution < -0.4 is 4.90 Å². The summed E-state index contributed by atoms with van der Waals surface area (Å²) in [6, 6.07) is 7.49. The Morgan fingerprint density at radius 2 is 1.76 bits per heavy atom. The number of carbonyl (C=O) groups is 1. The van der Waals surface area contributed by atoms with Crippen molar-refractivity contribution in [3.05, 3.63) is 41.6 Å². The quantitative estimate of drug-likeness (QED) is 0.813. The highest BCUT2D eigenvalue weighted by Gasteiger charge is 2.46. The number of Topliss-reactive ketones (excluding diaryl/α,β-unsaturated/α-hetero) is 1. The van der Waals surface area contributed by atoms with Gasteiger partial charge >= 0.3 is 6.18 Å². The molecular weight excluding hydrogens is 279 g/mol. The molecule has 0 fully saturated rings. The first kappa shape index (κ1) is 15.6. The minimum Gasteiger partial charge on any atom is -0.348 e. The highest BCUT2D eigenvalue weighted by atomic mass is 19.4. The average Bonchev–Trinajstić information content (AvgIpc) is 2.38. The van der Waals surface area contributed by atoms with E-state index in [1.807, 2.05) is 31.2 Å². The SMILES string of the molecule is Cc1ccc(N2C=C(C(=O)C(F)(F)F)C(C)(C)CC2)cc1. The molecule has 0 atom stereocenters. The van der Waals surface area contributed by atoms with Gasteiger partial charge in [0.2, 0.25) is 0 Å². The molecular formula is C16H18F3NO. The first-order chi connectivity index (χ1) is 9.61. The van der Waals surface area contributed by atoms with Crippen molar-refractivity contribution in [1.82, 2.24) is 0 Å². The van der Waals surface area contributed by atoms with E-state index in [0.29, 0.717) is 13.0 Å². The molecule has 0 radical (unpaired) electrons. The van der Waals surface area contributed by atoms with Crippen LogP contribution in [-0.4, -0.2) is 18.5 Å². The predicted octanol–water partition coefficient (Wildman–Crippen LogP) is 4.25. The first-order valence-electron chi connectivity index (χ1n) is 6.78. The summed E-state index contributed by atoms with van der Waals surface area (Å²) < 4.78 is 38.3. The van der Waals surface area contributed by atoms with Crippen LogP contribution in [0.1, 0.15) is 25.8 Å². The van der Waals surface area contributed by atoms with Gasteiger partial charge in [0.25, 0.3) is 5.78 Å². The summed E-state index contributed by atoms with van der Waals surface area (Å²) >= 11 is 0. The maximum Gasteiger partial charge on any atom is 0.454 e. The van der Waals surface area contributed by atoms with Gasteiger partial charge in [0.05, 0.1) is 0 Å². The summed E-state index contributed by atoms with van der Waals surface area (Å²) in [6.45, 7) is 5.88. The number of aryl methyl sites for hydroxylation is 1. The molecule has 0 aromatic heterocycles. The molecule has 2 nitrogen and oxygen atoms in total. The zero-order valence-corrected chi connectivity index (χ0v) is 12.3. The number of halogens is 3. The van der Waals surface area contributed by atoms with Crippen LogP contribution in [-0.2, 0) is 4.79 Å². The number of rotatable bonds is 2. The molecule has 1 aliphatic heterocycles. The minimum atomic E-state index is -4.83. The molecule has 2 rings (SSSR count). The Morgan fingerprint density at radius 3 is 2.29 bits per heavy atom. The van der Waals surface area contributed by atoms with Crippen LogP contribution in [0.25, 0.3) is 0 Å². The Hall–Kier alpha value is -1.78. The Kier molecular flexibility index (Phi) is 3.87. The summed E-state index contributed by atoms with van der Waals surface area (Å²) in [5, 5.41) is 0. The summed E-state index contributed by atoms with van der Waals surface area (Å²) in [7, 11) is 0. The van der Waals surface area contributed by atoms with Gasteiger partial charge in [0, 0.05) is 24.0 Å². The predicted molar refractivity (Wildman–Crippen MR) is 76.1 cm³/mol. The summed E-state index contributed by atoms with van der Waals surface area (Å²) in [5.74, 6) is -1.75. The van der Waals surface area contributed by atoms with E-state index in [9.17, 15) is 18.0 Å². The van der Waals surface area contributed by atoms with Crippen molar-refractivity contribution in [3.63, 3.8) is 0 Å². The second-order valence-corrected chi connectivity index (χ2v) is 6.03. The second kappa shape index (κ2) is 5.20. The highest BCUT2D eigenvalue weighted by Crippen LogP contribution is 2.39. The number of alkyl halides is 3. The zero-order chi connectivity index (χ0) is 15.8. The van der Waals surface area contributed by atoms with Gasteiger partial charge in [-0.2, -0.15) is 13.2 Å². The van der Waals surface area contributed by atoms with Crippen molar-refractivity contribution in [2.45, 2.75) is 33.4 Å². The molecule has 1 heterocycles. The molecule has 114 valence electrons. The Bertz CT molecular complexity index is 570. The van der Waals surface area contributed by atoms with Crippen LogP contribution >= 0.6 is 0 Å². The van der Waals surface area contributed by atoms with Gasteiger partial charge in [0.15, 0.2) is 0 Å². The number of benzene rings is 1. The molecule has 0 spiro atoms. The van der Waals surface area contributed by atoms with E-state index < -0.39 is 17.4 Å². The van der Waals surface area contributed by atoms with Gasteiger partial charge < -0.3 is 4.90 Å². The number of allylic oxidation sites excluding steroid dienone is 1. The second-order valence-electron chi connectivity index (χ2n) is 6.03. The fraction of sp³-hybridized carbons (Fsp3) is 0.438. The molecule has 0 N–H and O–H groups in total. The van der Waals surface area contributed by atoms with Crippen molar-refractivity contribution < 1.29 is 18.0 Å². The van der Waals surface area contributed by atoms with Gasteiger partial charge in [-0.25, -0.2) is 0 Å². The van der Waals surface area contributed by atoms with Crippen LogP contribution in [0.2, 0.25) is 0 Å². The zero-order valence-electron chi connectivity index (χ0n) is 12.3. The van der Waals surface area contributed by atoms with Crippen LogP contribution in [0.5, 0.6) is 0 Å². The van der Waals surface area contributed by atoms with Gasteiger partial charge in [-0.15, -0.1) is 0 Å². The lowest BCUT2D eigenvalue weighted by Crippen LogP contribution is -2.39. The third-order valence-corrected chi connectivity index (χ3v) is 3.86. The van der Waals surface area contributed by atoms with Gasteiger partial charge in [-0.1, -0.05) is 31.5 Å². The van der Waals surface area contributed by atoms with E-state index in [4.69, 9.17) is 0 Å². The maximum absolute atomic E-state index is 12.8. The van der Waals surface area contributed by atoms with E-state index >= 15 is 0 Å². The monoisotopic (exact) mass is 297 g/mol. The van der Waals surface area contributed by atoms with E-state index in [2.05, 4.69) is 0 Å². The average molecular weight is 297 g/mol. The number of nitrogens with zero attached hydrogens (tertiary/aromatic N) is 1. The number of anilines is 1. The van der Waals surface area contributed by atoms with Crippen molar-refractivity contribution >= 4 is 11.5 Å². The van der Waals surface area contributed by atoms with E-state index in [0.717, 1.165) is 11.3 Å². The molecule has 1 aromatic rings. The number of hydrogen-bond acceptors (Lipinski definition) is 2. The maximum atomic E-state index is 12.8. The van der Waals surface area contributed by atoms with E-state index in [1.54, 1.807) is 18.7 Å². The van der Waals surface area contributed by atoms with Crippen LogP contribution in [0, 0.1) is 12.3 Å². The largest absolute Gasteiger partial charge is 0.454 e. The lowest BCUT2D eigenvalue weighted by Gasteiger charge is -2.37. The third kappa shape index (κ3) is 3.28. The Balaban J connectivity index is 2.39. The molecule has 0 amide bonds. The van der Waals surface area contributed by atoms with Crippen LogP contribution in [0.3, 0.4) is 0 Å². The van der Waals surface area contributed by atoms with Gasteiger partial charge in [-0.05, 0) is 30.9 Å². The fourth-order valence-electron chi connectivity index (χ4n) is 2.39. The van der Waals surface area contributed by atoms with Gasteiger partial charge in [0.1, 0.15) is 0 Å². The molecule has 0 saturated carbocycles. The third-order valence-electron chi connectivity index (χ3n) is 3.86. The molecule has 5 heteroatoms. The van der Waals surface area contributed by atoms with Crippen molar-refractivity contribution in [2.75, 3.05) is 11.4 Å². The highest BCUT2D eigenvalue weighted by molar-refractivity contribution is 6.01. The Morgan fingerprint density at radius 1 is 1.19 bits per heavy atom. The number of hydrogen-bond donors (Lipinski definition) is 0. The summed E-state index contributed by atoms with van der Waals surface area (Å²) in [6.07, 6.45) is -2.99. The van der Waals surface area contributed by atoms with E-state index in [-0.39, 0.29) is 5.57 Å². The minimum absolute atomic E-state index is 0.179. The number of ketones is 1.